The molecule has 0 aromatic heterocycles. The Bertz CT molecular complexity index is 551. The molecule has 0 aromatic carbocycles. The summed E-state index contributed by atoms with van der Waals surface area (Å²) in [7, 11) is -5.01. The Morgan fingerprint density at radius 3 is 1.69 bits per heavy atom. The largest absolute Gasteiger partial charge is 2.00 e. The van der Waals surface area contributed by atoms with Crippen LogP contribution >= 0.6 is 0 Å². The first-order valence-electron chi connectivity index (χ1n) is 10.5. The normalized spacial score (nSPS) is 14.4. The van der Waals surface area contributed by atoms with Gasteiger partial charge in [0.05, 0.1) is 19.6 Å². The topological polar surface area (TPSA) is 110 Å². The van der Waals surface area contributed by atoms with Gasteiger partial charge in [0, 0.05) is 0 Å². The number of carbonyl (C=O) groups excluding carboxylic acids is 2. The molecule has 0 fully saturated rings. The Balaban J connectivity index is 0. The maximum atomic E-state index is 12.1. The van der Waals surface area contributed by atoms with Crippen LogP contribution in [-0.4, -0.2) is 66.4 Å². The molecule has 0 radical (unpaired) electrons. The van der Waals surface area contributed by atoms with Gasteiger partial charge in [0.25, 0.3) is 0 Å². The number of unbranched alkanes of at least 4 members (excludes halogenated alkanes) is 2. The molecule has 0 amide bonds. The molecule has 0 saturated heterocycles. The van der Waals surface area contributed by atoms with E-state index in [1.807, 2.05) is 13.8 Å². The minimum Gasteiger partial charge on any atom is -0.747 e. The second kappa shape index (κ2) is 17.3. The molecule has 29 heavy (non-hydrogen) atoms. The standard InChI is InChI=1S/C20H38O7S.Mg/c1-5-9-11-16(7-3)14-26-19(21)13-18(28(23,24)25)20(22)27-15-17(8-4)12-10-6-2;/h16-18H,5-15H2,1-4H3,(H,23,24,25);/q;+2/p-1. The number of hydrogen-bond acceptors (Lipinski definition) is 7. The number of ether oxygens (including phenoxy) is 2. The Kier molecular flexibility index (Phi) is 18.4. The molecule has 0 spiro atoms. The summed E-state index contributed by atoms with van der Waals surface area (Å²) >= 11 is 0. The van der Waals surface area contributed by atoms with Gasteiger partial charge in [-0.3, -0.25) is 9.59 Å². The zero-order valence-electron chi connectivity index (χ0n) is 18.5. The molecule has 3 atom stereocenters. The third-order valence-electron chi connectivity index (χ3n) is 4.99. The van der Waals surface area contributed by atoms with E-state index in [4.69, 9.17) is 9.47 Å². The SMILES string of the molecule is CCCCC(CC)COC(=O)CC(C(=O)OCC(CC)CCCC)S(=O)(=O)[O-].[Mg+2]. The van der Waals surface area contributed by atoms with Crippen LogP contribution in [0.3, 0.4) is 0 Å². The van der Waals surface area contributed by atoms with Crippen molar-refractivity contribution in [2.45, 2.75) is 90.7 Å². The maximum absolute atomic E-state index is 12.1. The van der Waals surface area contributed by atoms with E-state index >= 15 is 0 Å². The van der Waals surface area contributed by atoms with Gasteiger partial charge in [-0.2, -0.15) is 0 Å². The molecule has 0 N–H and O–H groups in total. The summed E-state index contributed by atoms with van der Waals surface area (Å²) in [5, 5.41) is -2.06. The molecule has 9 heteroatoms. The van der Waals surface area contributed by atoms with Crippen molar-refractivity contribution in [1.29, 1.82) is 0 Å². The van der Waals surface area contributed by atoms with Crippen molar-refractivity contribution in [1.82, 2.24) is 0 Å². The van der Waals surface area contributed by atoms with Crippen LogP contribution < -0.4 is 0 Å². The molecule has 0 saturated carbocycles. The van der Waals surface area contributed by atoms with Crippen molar-refractivity contribution in [3.05, 3.63) is 0 Å². The summed E-state index contributed by atoms with van der Waals surface area (Å²) in [4.78, 5) is 24.1. The predicted octanol–water partition coefficient (Wildman–Crippen LogP) is 3.43. The smallest absolute Gasteiger partial charge is 0.747 e. The summed E-state index contributed by atoms with van der Waals surface area (Å²) in [6, 6.07) is 0. The van der Waals surface area contributed by atoms with Crippen LogP contribution in [0.15, 0.2) is 0 Å². The Labute approximate surface area is 192 Å². The van der Waals surface area contributed by atoms with Gasteiger partial charge < -0.3 is 14.0 Å². The number of hydrogen-bond donors (Lipinski definition) is 0. The summed E-state index contributed by atoms with van der Waals surface area (Å²) in [5.41, 5.74) is 0. The van der Waals surface area contributed by atoms with E-state index in [0.717, 1.165) is 51.4 Å². The van der Waals surface area contributed by atoms with Crippen LogP contribution in [0, 0.1) is 11.8 Å². The fourth-order valence-electron chi connectivity index (χ4n) is 2.81. The van der Waals surface area contributed by atoms with Crippen molar-refractivity contribution in [2.75, 3.05) is 13.2 Å². The van der Waals surface area contributed by atoms with Crippen molar-refractivity contribution in [3.63, 3.8) is 0 Å². The first-order valence-corrected chi connectivity index (χ1v) is 11.9. The third kappa shape index (κ3) is 14.3. The summed E-state index contributed by atoms with van der Waals surface area (Å²) in [6.07, 6.45) is 6.58. The second-order valence-corrected chi connectivity index (χ2v) is 8.89. The van der Waals surface area contributed by atoms with Gasteiger partial charge in [-0.05, 0) is 24.7 Å². The molecule has 0 bridgehead atoms. The molecular formula is C20H37MgO7S+. The van der Waals surface area contributed by atoms with Gasteiger partial charge in [0.1, 0.15) is 10.1 Å². The van der Waals surface area contributed by atoms with Gasteiger partial charge in [-0.15, -0.1) is 0 Å². The first kappa shape index (κ1) is 30.8. The molecule has 7 nitrogen and oxygen atoms in total. The van der Waals surface area contributed by atoms with E-state index in [0.29, 0.717) is 0 Å². The minimum atomic E-state index is -5.01. The van der Waals surface area contributed by atoms with Crippen molar-refractivity contribution in [2.24, 2.45) is 11.8 Å². The van der Waals surface area contributed by atoms with E-state index < -0.39 is 33.7 Å². The van der Waals surface area contributed by atoms with Crippen LogP contribution in [0.5, 0.6) is 0 Å². The van der Waals surface area contributed by atoms with Crippen LogP contribution in [0.4, 0.5) is 0 Å². The summed E-state index contributed by atoms with van der Waals surface area (Å²) < 4.78 is 44.6. The zero-order valence-corrected chi connectivity index (χ0v) is 20.7. The van der Waals surface area contributed by atoms with Gasteiger partial charge in [0.15, 0.2) is 5.25 Å². The molecule has 3 unspecified atom stereocenters. The number of rotatable bonds is 16. The molecule has 0 aromatic rings. The molecule has 0 aliphatic heterocycles. The van der Waals surface area contributed by atoms with Crippen molar-refractivity contribution in [3.8, 4) is 0 Å². The molecular weight excluding hydrogens is 409 g/mol. The molecule has 0 heterocycles. The maximum Gasteiger partial charge on any atom is 2.00 e. The molecule has 0 rings (SSSR count). The van der Waals surface area contributed by atoms with Crippen LogP contribution in [-0.2, 0) is 29.2 Å². The first-order chi connectivity index (χ1) is 13.2. The summed E-state index contributed by atoms with van der Waals surface area (Å²) in [5.74, 6) is -1.74. The fraction of sp³-hybridized carbons (Fsp3) is 0.900. The van der Waals surface area contributed by atoms with Crippen LogP contribution in [0.25, 0.3) is 0 Å². The van der Waals surface area contributed by atoms with Gasteiger partial charge in [-0.1, -0.05) is 66.2 Å². The van der Waals surface area contributed by atoms with E-state index in [1.54, 1.807) is 0 Å². The molecule has 0 aliphatic carbocycles. The zero-order chi connectivity index (χ0) is 21.6. The second-order valence-electron chi connectivity index (χ2n) is 7.33. The van der Waals surface area contributed by atoms with Gasteiger partial charge in [-0.25, -0.2) is 8.42 Å². The Morgan fingerprint density at radius 2 is 1.31 bits per heavy atom. The minimum absolute atomic E-state index is 0. The number of carbonyl (C=O) groups is 2. The number of esters is 2. The Hall–Kier alpha value is -0.384. The van der Waals surface area contributed by atoms with E-state index in [1.165, 1.54) is 0 Å². The fourth-order valence-corrected chi connectivity index (χ4v) is 3.46. The average Bonchev–Trinajstić information content (AvgIpc) is 2.65. The Morgan fingerprint density at radius 1 is 0.862 bits per heavy atom. The van der Waals surface area contributed by atoms with Crippen LogP contribution in [0.2, 0.25) is 0 Å². The quantitative estimate of drug-likeness (QED) is 0.203. The van der Waals surface area contributed by atoms with E-state index in [2.05, 4.69) is 13.8 Å². The third-order valence-corrected chi connectivity index (χ3v) is 6.05. The van der Waals surface area contributed by atoms with Gasteiger partial charge in [0.2, 0.25) is 0 Å². The van der Waals surface area contributed by atoms with E-state index in [-0.39, 0.29) is 48.1 Å². The summed E-state index contributed by atoms with van der Waals surface area (Å²) in [6.45, 7) is 8.26. The van der Waals surface area contributed by atoms with Crippen molar-refractivity contribution < 1.29 is 32.0 Å². The monoisotopic (exact) mass is 445 g/mol. The van der Waals surface area contributed by atoms with Gasteiger partial charge >= 0.3 is 35.0 Å². The predicted molar refractivity (Wildman–Crippen MR) is 112 cm³/mol. The van der Waals surface area contributed by atoms with Crippen LogP contribution in [0.1, 0.15) is 85.5 Å². The molecule has 166 valence electrons. The van der Waals surface area contributed by atoms with Crippen molar-refractivity contribution >= 4 is 45.1 Å². The molecule has 0 aliphatic rings. The van der Waals surface area contributed by atoms with E-state index in [9.17, 15) is 22.6 Å². The average molecular weight is 446 g/mol.